The van der Waals surface area contributed by atoms with E-state index in [1.54, 1.807) is 11.3 Å². The Kier molecular flexibility index (Phi) is 4.55. The van der Waals surface area contributed by atoms with Crippen LogP contribution in [0.1, 0.15) is 0 Å². The first kappa shape index (κ1) is 21.7. The van der Waals surface area contributed by atoms with Gasteiger partial charge in [-0.15, -0.1) is 34.0 Å². The Morgan fingerprint density at radius 2 is 0.923 bits per heavy atom. The minimum Gasteiger partial charge on any atom is -0.226 e. The number of thiophene rings is 3. The summed E-state index contributed by atoms with van der Waals surface area (Å²) in [6, 6.07) is 39.3. The van der Waals surface area contributed by atoms with Gasteiger partial charge in [-0.3, -0.25) is 0 Å². The second-order valence-corrected chi connectivity index (χ2v) is 13.0. The summed E-state index contributed by atoms with van der Waals surface area (Å²) in [4.78, 5) is 10.5. The van der Waals surface area contributed by atoms with Crippen molar-refractivity contribution >= 4 is 94.7 Å². The number of benzene rings is 5. The Labute approximate surface area is 235 Å². The predicted molar refractivity (Wildman–Crippen MR) is 172 cm³/mol. The van der Waals surface area contributed by atoms with E-state index >= 15 is 0 Å². The molecule has 0 spiro atoms. The first-order valence-electron chi connectivity index (χ1n) is 12.8. The molecule has 182 valence electrons. The van der Waals surface area contributed by atoms with Gasteiger partial charge in [-0.2, -0.15) is 0 Å². The molecule has 0 radical (unpaired) electrons. The van der Waals surface area contributed by atoms with E-state index in [-0.39, 0.29) is 0 Å². The van der Waals surface area contributed by atoms with Crippen LogP contribution in [0, 0.1) is 0 Å². The quantitative estimate of drug-likeness (QED) is 0.214. The van der Waals surface area contributed by atoms with Gasteiger partial charge in [-0.1, -0.05) is 78.9 Å². The zero-order valence-corrected chi connectivity index (χ0v) is 23.0. The van der Waals surface area contributed by atoms with E-state index in [0.717, 1.165) is 32.9 Å². The Morgan fingerprint density at radius 1 is 0.410 bits per heavy atom. The molecule has 9 rings (SSSR count). The van der Waals surface area contributed by atoms with Crippen LogP contribution >= 0.6 is 34.0 Å². The van der Waals surface area contributed by atoms with E-state index in [9.17, 15) is 0 Å². The van der Waals surface area contributed by atoms with Crippen LogP contribution in [-0.2, 0) is 0 Å². The molecule has 39 heavy (non-hydrogen) atoms. The lowest BCUT2D eigenvalue weighted by molar-refractivity contribution is 1.24. The van der Waals surface area contributed by atoms with Gasteiger partial charge in [0, 0.05) is 61.6 Å². The van der Waals surface area contributed by atoms with Crippen molar-refractivity contribution in [2.75, 3.05) is 0 Å². The number of rotatable bonds is 2. The summed E-state index contributed by atoms with van der Waals surface area (Å²) in [6.45, 7) is 0. The van der Waals surface area contributed by atoms with E-state index < -0.39 is 0 Å². The van der Waals surface area contributed by atoms with Gasteiger partial charge in [0.1, 0.15) is 0 Å². The zero-order valence-electron chi connectivity index (χ0n) is 20.5. The monoisotopic (exact) mass is 550 g/mol. The number of hydrogen-bond acceptors (Lipinski definition) is 5. The van der Waals surface area contributed by atoms with E-state index in [1.807, 2.05) is 22.7 Å². The fraction of sp³-hybridized carbons (Fsp3) is 0. The molecule has 0 amide bonds. The van der Waals surface area contributed by atoms with Crippen LogP contribution in [0.2, 0.25) is 0 Å². The molecule has 5 heteroatoms. The largest absolute Gasteiger partial charge is 0.226 e. The lowest BCUT2D eigenvalue weighted by Gasteiger charge is -2.08. The second-order valence-electron chi connectivity index (χ2n) is 9.79. The predicted octanol–water partition coefficient (Wildman–Crippen LogP) is 10.9. The highest BCUT2D eigenvalue weighted by Crippen LogP contribution is 2.42. The molecule has 0 unspecified atom stereocenters. The molecular weight excluding hydrogens is 533 g/mol. The lowest BCUT2D eigenvalue weighted by Crippen LogP contribution is -1.93. The van der Waals surface area contributed by atoms with Crippen LogP contribution in [0.5, 0.6) is 0 Å². The molecule has 0 aliphatic carbocycles. The maximum atomic E-state index is 5.27. The van der Waals surface area contributed by atoms with E-state index in [1.165, 1.54) is 50.4 Å². The molecule has 4 heterocycles. The van der Waals surface area contributed by atoms with E-state index in [0.29, 0.717) is 0 Å². The molecule has 0 aliphatic heterocycles. The molecule has 9 aromatic rings. The summed E-state index contributed by atoms with van der Waals surface area (Å²) in [6.07, 6.45) is 0. The molecule has 0 saturated carbocycles. The van der Waals surface area contributed by atoms with Crippen molar-refractivity contribution in [2.45, 2.75) is 0 Å². The van der Waals surface area contributed by atoms with Crippen molar-refractivity contribution in [3.05, 3.63) is 109 Å². The standard InChI is InChI=1S/C34H18N2S3/c1-4-10-26-21(7-1)23-15-13-19(17-29(23)37-26)31-33-32(25-9-3-6-12-28(25)39-33)36-34(35-31)20-14-16-24-22-8-2-5-11-27(22)38-30(24)18-20/h1-18H. The van der Waals surface area contributed by atoms with Crippen LogP contribution in [0.15, 0.2) is 109 Å². The third kappa shape index (κ3) is 3.24. The normalized spacial score (nSPS) is 12.1. The highest BCUT2D eigenvalue weighted by atomic mass is 32.1. The molecule has 0 N–H and O–H groups in total. The fourth-order valence-corrected chi connectivity index (χ4v) is 9.10. The van der Waals surface area contributed by atoms with Gasteiger partial charge in [-0.25, -0.2) is 9.97 Å². The Balaban J connectivity index is 1.32. The van der Waals surface area contributed by atoms with Crippen LogP contribution in [-0.4, -0.2) is 9.97 Å². The van der Waals surface area contributed by atoms with Gasteiger partial charge in [-0.05, 0) is 30.3 Å². The van der Waals surface area contributed by atoms with Gasteiger partial charge in [0.2, 0.25) is 0 Å². The average molecular weight is 551 g/mol. The SMILES string of the molecule is c1ccc2c(c1)sc1cc(-c3nc(-c4ccc5c(c4)sc4ccccc45)c4sc5ccccc5c4n3)ccc12. The van der Waals surface area contributed by atoms with Gasteiger partial charge >= 0.3 is 0 Å². The highest BCUT2D eigenvalue weighted by molar-refractivity contribution is 7.27. The molecule has 0 saturated heterocycles. The minimum absolute atomic E-state index is 0.775. The van der Waals surface area contributed by atoms with Crippen molar-refractivity contribution in [2.24, 2.45) is 0 Å². The third-order valence-corrected chi connectivity index (χ3v) is 10.9. The molecule has 4 aromatic heterocycles. The zero-order chi connectivity index (χ0) is 25.5. The van der Waals surface area contributed by atoms with Crippen LogP contribution in [0.3, 0.4) is 0 Å². The van der Waals surface area contributed by atoms with Gasteiger partial charge in [0.15, 0.2) is 5.82 Å². The maximum Gasteiger partial charge on any atom is 0.160 e. The topological polar surface area (TPSA) is 25.8 Å². The Morgan fingerprint density at radius 3 is 1.59 bits per heavy atom. The van der Waals surface area contributed by atoms with Gasteiger partial charge < -0.3 is 0 Å². The summed E-state index contributed by atoms with van der Waals surface area (Å²) in [7, 11) is 0. The van der Waals surface area contributed by atoms with Crippen molar-refractivity contribution in [1.82, 2.24) is 9.97 Å². The summed E-state index contributed by atoms with van der Waals surface area (Å²) < 4.78 is 7.56. The highest BCUT2D eigenvalue weighted by Gasteiger charge is 2.18. The Hall–Kier alpha value is -4.16. The van der Waals surface area contributed by atoms with E-state index in [2.05, 4.69) is 109 Å². The smallest absolute Gasteiger partial charge is 0.160 e. The molecule has 0 atom stereocenters. The first-order valence-corrected chi connectivity index (χ1v) is 15.3. The number of nitrogens with zero attached hydrogens (tertiary/aromatic N) is 2. The maximum absolute atomic E-state index is 5.27. The summed E-state index contributed by atoms with van der Waals surface area (Å²) in [5.74, 6) is 0.775. The van der Waals surface area contributed by atoms with Crippen molar-refractivity contribution in [3.63, 3.8) is 0 Å². The molecule has 0 aliphatic rings. The molecule has 0 bridgehead atoms. The summed E-state index contributed by atoms with van der Waals surface area (Å²) in [5, 5.41) is 6.40. The molecule has 2 nitrogen and oxygen atoms in total. The van der Waals surface area contributed by atoms with Gasteiger partial charge in [0.05, 0.1) is 15.9 Å². The summed E-state index contributed by atoms with van der Waals surface area (Å²) >= 11 is 5.46. The number of hydrogen-bond donors (Lipinski definition) is 0. The fourth-order valence-electron chi connectivity index (χ4n) is 5.65. The number of fused-ring (bicyclic) bond motifs is 9. The minimum atomic E-state index is 0.775. The average Bonchev–Trinajstić information content (AvgIpc) is 3.66. The Bertz CT molecular complexity index is 2410. The second kappa shape index (κ2) is 8.17. The van der Waals surface area contributed by atoms with Crippen LogP contribution in [0.25, 0.3) is 83.3 Å². The lowest BCUT2D eigenvalue weighted by atomic mass is 10.1. The summed E-state index contributed by atoms with van der Waals surface area (Å²) in [5.41, 5.74) is 4.23. The number of aromatic nitrogens is 2. The first-order chi connectivity index (χ1) is 19.3. The van der Waals surface area contributed by atoms with Crippen molar-refractivity contribution in [1.29, 1.82) is 0 Å². The van der Waals surface area contributed by atoms with Crippen LogP contribution < -0.4 is 0 Å². The van der Waals surface area contributed by atoms with Crippen molar-refractivity contribution < 1.29 is 0 Å². The molecule has 5 aromatic carbocycles. The third-order valence-electron chi connectivity index (χ3n) is 7.51. The molecule has 0 fully saturated rings. The van der Waals surface area contributed by atoms with Crippen LogP contribution in [0.4, 0.5) is 0 Å². The molecular formula is C34H18N2S3. The van der Waals surface area contributed by atoms with E-state index in [4.69, 9.17) is 9.97 Å². The van der Waals surface area contributed by atoms with Gasteiger partial charge in [0.25, 0.3) is 0 Å². The van der Waals surface area contributed by atoms with Crippen molar-refractivity contribution in [3.8, 4) is 22.6 Å².